The first-order valence-corrected chi connectivity index (χ1v) is 11.7. The Morgan fingerprint density at radius 2 is 1.88 bits per heavy atom. The molecule has 2 rings (SSSR count). The van der Waals surface area contributed by atoms with Crippen molar-refractivity contribution in [1.29, 1.82) is 0 Å². The number of nitrogens with two attached hydrogens (primary N) is 1. The Kier molecular flexibility index (Phi) is 10.5. The summed E-state index contributed by atoms with van der Waals surface area (Å²) < 4.78 is 17.8. The zero-order valence-corrected chi connectivity index (χ0v) is 20.9. The molecule has 1 aromatic carbocycles. The van der Waals surface area contributed by atoms with Gasteiger partial charge in [0.05, 0.1) is 24.8 Å². The molecule has 0 atom stereocenters. The van der Waals surface area contributed by atoms with E-state index in [1.807, 2.05) is 13.8 Å². The van der Waals surface area contributed by atoms with E-state index in [0.29, 0.717) is 31.1 Å². The van der Waals surface area contributed by atoms with Crippen LogP contribution in [0.5, 0.6) is 11.5 Å². The van der Waals surface area contributed by atoms with Crippen LogP contribution in [0.25, 0.3) is 0 Å². The van der Waals surface area contributed by atoms with E-state index in [0.717, 1.165) is 12.8 Å². The number of ether oxygens (including phenoxy) is 3. The van der Waals surface area contributed by atoms with Gasteiger partial charge in [-0.15, -0.1) is 0 Å². The van der Waals surface area contributed by atoms with Crippen LogP contribution in [-0.4, -0.2) is 48.9 Å². The Hall–Kier alpha value is -2.98. The number of amides is 1. The molecule has 2 aromatic rings. The average Bonchev–Trinajstić information content (AvgIpc) is 2.80. The highest BCUT2D eigenvalue weighted by atomic mass is 35.5. The number of rotatable bonds is 13. The van der Waals surface area contributed by atoms with E-state index in [1.54, 1.807) is 6.92 Å². The number of nitrogens with one attached hydrogen (secondary N) is 1. The SMILES string of the molecule is CCCCOc1c(Cl)cc(C(=O)N(CCOC)c2c(N)n(CCC)c(=O)[nH]c2=O)cc1OCC. The maximum atomic E-state index is 13.6. The Bertz CT molecular complexity index is 1100. The fourth-order valence-corrected chi connectivity index (χ4v) is 3.62. The maximum Gasteiger partial charge on any atom is 0.330 e. The van der Waals surface area contributed by atoms with Gasteiger partial charge < -0.3 is 19.9 Å². The number of benzene rings is 1. The quantitative estimate of drug-likeness (QED) is 0.408. The standard InChI is InChI=1S/C23H33ClN4O6/c1-5-8-11-34-19-16(24)13-15(14-17(19)33-7-3)22(30)27(10-12-32-4)18-20(25)28(9-6-2)23(31)26-21(18)29/h13-14H,5-12,25H2,1-4H3,(H,26,29,31). The van der Waals surface area contributed by atoms with Gasteiger partial charge in [-0.2, -0.15) is 0 Å². The molecule has 0 saturated heterocycles. The average molecular weight is 497 g/mol. The lowest BCUT2D eigenvalue weighted by molar-refractivity contribution is 0.0975. The zero-order chi connectivity index (χ0) is 25.3. The fraction of sp³-hybridized carbons (Fsp3) is 0.522. The number of anilines is 2. The molecule has 0 fully saturated rings. The lowest BCUT2D eigenvalue weighted by Crippen LogP contribution is -2.42. The van der Waals surface area contributed by atoms with Gasteiger partial charge >= 0.3 is 5.69 Å². The van der Waals surface area contributed by atoms with Crippen LogP contribution in [0.3, 0.4) is 0 Å². The molecule has 0 spiro atoms. The predicted molar refractivity (Wildman–Crippen MR) is 133 cm³/mol. The van der Waals surface area contributed by atoms with Crippen LogP contribution >= 0.6 is 11.6 Å². The number of halogens is 1. The lowest BCUT2D eigenvalue weighted by atomic mass is 10.1. The van der Waals surface area contributed by atoms with Crippen molar-refractivity contribution in [3.8, 4) is 11.5 Å². The minimum atomic E-state index is -0.769. The molecule has 3 N–H and O–H groups in total. The second-order valence-corrected chi connectivity index (χ2v) is 7.92. The number of nitrogen functional groups attached to an aromatic ring is 1. The number of nitrogens with zero attached hydrogens (tertiary/aromatic N) is 2. The predicted octanol–water partition coefficient (Wildman–Crippen LogP) is 3.05. The Morgan fingerprint density at radius 1 is 1.15 bits per heavy atom. The third kappa shape index (κ3) is 6.32. The normalized spacial score (nSPS) is 10.9. The summed E-state index contributed by atoms with van der Waals surface area (Å²) in [5, 5.41) is 0.204. The van der Waals surface area contributed by atoms with Crippen LogP contribution < -0.4 is 31.4 Å². The van der Waals surface area contributed by atoms with Crippen LogP contribution in [0, 0.1) is 0 Å². The molecule has 1 aromatic heterocycles. The molecule has 0 aliphatic rings. The molecule has 0 bridgehead atoms. The van der Waals surface area contributed by atoms with Gasteiger partial charge in [0.25, 0.3) is 11.5 Å². The van der Waals surface area contributed by atoms with Gasteiger partial charge in [0.15, 0.2) is 17.2 Å². The molecule has 0 aliphatic carbocycles. The van der Waals surface area contributed by atoms with Gasteiger partial charge in [0.1, 0.15) is 5.82 Å². The van der Waals surface area contributed by atoms with Crippen molar-refractivity contribution in [2.75, 3.05) is 44.1 Å². The fourth-order valence-electron chi connectivity index (χ4n) is 3.35. The van der Waals surface area contributed by atoms with Crippen molar-refractivity contribution in [3.63, 3.8) is 0 Å². The summed E-state index contributed by atoms with van der Waals surface area (Å²) in [6.45, 7) is 6.93. The van der Waals surface area contributed by atoms with Gasteiger partial charge in [0, 0.05) is 25.8 Å². The molecule has 11 heteroatoms. The number of carbonyl (C=O) groups excluding carboxylic acids is 1. The lowest BCUT2D eigenvalue weighted by Gasteiger charge is -2.25. The van der Waals surface area contributed by atoms with Gasteiger partial charge in [-0.25, -0.2) is 4.79 Å². The van der Waals surface area contributed by atoms with Crippen LogP contribution in [0.15, 0.2) is 21.7 Å². The monoisotopic (exact) mass is 496 g/mol. The molecule has 0 aliphatic heterocycles. The van der Waals surface area contributed by atoms with E-state index in [9.17, 15) is 14.4 Å². The highest BCUT2D eigenvalue weighted by Crippen LogP contribution is 2.37. The molecule has 0 radical (unpaired) electrons. The second-order valence-electron chi connectivity index (χ2n) is 7.51. The number of hydrogen-bond acceptors (Lipinski definition) is 7. The Labute approximate surface area is 203 Å². The van der Waals surface area contributed by atoms with E-state index >= 15 is 0 Å². The van der Waals surface area contributed by atoms with Crippen LogP contribution in [0.4, 0.5) is 11.5 Å². The summed E-state index contributed by atoms with van der Waals surface area (Å²) in [5.41, 5.74) is 4.83. The van der Waals surface area contributed by atoms with Gasteiger partial charge in [-0.3, -0.25) is 24.0 Å². The molecule has 188 valence electrons. The summed E-state index contributed by atoms with van der Waals surface area (Å²) in [4.78, 5) is 42.0. The number of methoxy groups -OCH3 is 1. The summed E-state index contributed by atoms with van der Waals surface area (Å²) >= 11 is 6.46. The van der Waals surface area contributed by atoms with E-state index in [4.69, 9.17) is 31.5 Å². The van der Waals surface area contributed by atoms with E-state index < -0.39 is 17.2 Å². The molecular weight excluding hydrogens is 464 g/mol. The van der Waals surface area contributed by atoms with Crippen LogP contribution in [0.2, 0.25) is 5.02 Å². The third-order valence-corrected chi connectivity index (χ3v) is 5.28. The summed E-state index contributed by atoms with van der Waals surface area (Å²) in [6, 6.07) is 2.98. The molecule has 0 unspecified atom stereocenters. The summed E-state index contributed by atoms with van der Waals surface area (Å²) in [5.74, 6) is 0.0133. The number of H-pyrrole nitrogens is 1. The molecule has 34 heavy (non-hydrogen) atoms. The second kappa shape index (κ2) is 13.0. The van der Waals surface area contributed by atoms with Crippen molar-refractivity contribution >= 4 is 29.0 Å². The van der Waals surface area contributed by atoms with Crippen molar-refractivity contribution in [2.24, 2.45) is 0 Å². The number of carbonyl (C=O) groups is 1. The number of aromatic nitrogens is 2. The molecule has 1 heterocycles. The highest BCUT2D eigenvalue weighted by molar-refractivity contribution is 6.32. The summed E-state index contributed by atoms with van der Waals surface area (Å²) in [7, 11) is 1.47. The van der Waals surface area contributed by atoms with Crippen molar-refractivity contribution in [2.45, 2.75) is 46.6 Å². The zero-order valence-electron chi connectivity index (χ0n) is 20.1. The van der Waals surface area contributed by atoms with Gasteiger partial charge in [0.2, 0.25) is 0 Å². The summed E-state index contributed by atoms with van der Waals surface area (Å²) in [6.07, 6.45) is 2.39. The van der Waals surface area contributed by atoms with Crippen LogP contribution in [0.1, 0.15) is 50.4 Å². The molecule has 0 saturated carbocycles. The van der Waals surface area contributed by atoms with Crippen molar-refractivity contribution < 1.29 is 19.0 Å². The number of unbranched alkanes of at least 4 members (excludes halogenated alkanes) is 1. The Balaban J connectivity index is 2.60. The largest absolute Gasteiger partial charge is 0.490 e. The minimum Gasteiger partial charge on any atom is -0.490 e. The Morgan fingerprint density at radius 3 is 2.50 bits per heavy atom. The van der Waals surface area contributed by atoms with Gasteiger partial charge in [-0.1, -0.05) is 31.9 Å². The first-order valence-electron chi connectivity index (χ1n) is 11.3. The highest BCUT2D eigenvalue weighted by Gasteiger charge is 2.27. The maximum absolute atomic E-state index is 13.6. The van der Waals surface area contributed by atoms with Crippen molar-refractivity contribution in [1.82, 2.24) is 9.55 Å². The first kappa shape index (κ1) is 27.3. The van der Waals surface area contributed by atoms with Crippen LogP contribution in [-0.2, 0) is 11.3 Å². The number of hydrogen-bond donors (Lipinski definition) is 2. The minimum absolute atomic E-state index is 0.0171. The molecule has 1 amide bonds. The van der Waals surface area contributed by atoms with Crippen molar-refractivity contribution in [3.05, 3.63) is 43.6 Å². The molecular formula is C23H33ClN4O6. The first-order chi connectivity index (χ1) is 16.3. The van der Waals surface area contributed by atoms with E-state index in [2.05, 4.69) is 4.98 Å². The third-order valence-electron chi connectivity index (χ3n) is 5.00. The smallest absolute Gasteiger partial charge is 0.330 e. The topological polar surface area (TPSA) is 129 Å². The van der Waals surface area contributed by atoms with E-state index in [-0.39, 0.29) is 41.8 Å². The van der Waals surface area contributed by atoms with E-state index in [1.165, 1.54) is 28.7 Å². The number of aromatic amines is 1. The molecule has 10 nitrogen and oxygen atoms in total. The van der Waals surface area contributed by atoms with Gasteiger partial charge in [-0.05, 0) is 31.9 Å².